The number of rotatable bonds is 8. The summed E-state index contributed by atoms with van der Waals surface area (Å²) in [6.45, 7) is -1.26. The van der Waals surface area contributed by atoms with Crippen LogP contribution in [0.4, 0.5) is 8.78 Å². The number of aromatic amines is 1. The van der Waals surface area contributed by atoms with E-state index >= 15 is 0 Å². The van der Waals surface area contributed by atoms with Crippen LogP contribution in [0.2, 0.25) is 0 Å². The Labute approximate surface area is 163 Å². The highest BCUT2D eigenvalue weighted by Gasteiger charge is 2.48. The van der Waals surface area contributed by atoms with Gasteiger partial charge < -0.3 is 29.4 Å². The molecule has 0 spiro atoms. The lowest BCUT2D eigenvalue weighted by molar-refractivity contribution is -0.0535. The number of aromatic nitrogens is 2. The van der Waals surface area contributed by atoms with Gasteiger partial charge >= 0.3 is 29.2 Å². The van der Waals surface area contributed by atoms with Crippen molar-refractivity contribution in [2.24, 2.45) is 0 Å². The molecular weight excluding hydrogens is 491 g/mol. The lowest BCUT2D eigenvalue weighted by Gasteiger charge is -2.18. The van der Waals surface area contributed by atoms with Gasteiger partial charge in [0.05, 0.1) is 12.8 Å². The highest BCUT2D eigenvalue weighted by atomic mass is 31.3. The Morgan fingerprint density at radius 1 is 1.13 bits per heavy atom. The van der Waals surface area contributed by atoms with Crippen molar-refractivity contribution < 1.29 is 65.0 Å². The number of hydrogen-bond acceptors (Lipinski definition) is 10. The van der Waals surface area contributed by atoms with Crippen molar-refractivity contribution in [1.29, 1.82) is 0 Å². The van der Waals surface area contributed by atoms with E-state index in [1.807, 2.05) is 0 Å². The molecule has 0 aliphatic carbocycles. The lowest BCUT2D eigenvalue weighted by Crippen LogP contribution is -2.37. The molecule has 30 heavy (non-hydrogen) atoms. The first kappa shape index (κ1) is 25.1. The van der Waals surface area contributed by atoms with Gasteiger partial charge in [0.2, 0.25) is 5.82 Å². The van der Waals surface area contributed by atoms with Crippen LogP contribution >= 0.6 is 23.5 Å². The van der Waals surface area contributed by atoms with E-state index in [1.165, 1.54) is 4.98 Å². The van der Waals surface area contributed by atoms with Gasteiger partial charge in [0.1, 0.15) is 12.2 Å². The molecule has 1 saturated heterocycles. The summed E-state index contributed by atoms with van der Waals surface area (Å²) >= 11 is 0. The molecule has 2 rings (SSSR count). The summed E-state index contributed by atoms with van der Waals surface area (Å²) in [6.07, 6.45) is -8.08. The Morgan fingerprint density at radius 3 is 2.30 bits per heavy atom. The zero-order valence-electron chi connectivity index (χ0n) is 14.0. The molecule has 1 aliphatic heterocycles. The minimum absolute atomic E-state index is 0.290. The van der Waals surface area contributed by atoms with Crippen LogP contribution in [0.1, 0.15) is 6.23 Å². The van der Waals surface area contributed by atoms with E-state index < -0.39 is 71.7 Å². The third-order valence-corrected chi connectivity index (χ3v) is 7.11. The maximum absolute atomic E-state index is 14.2. The SMILES string of the molecule is O=c1[nH]c(=O)n([C@H]2O[C@@H](COP(=O)(O)OP(=O)(O)OP(=O)(O)O)[C@H](F)[C@@H]2O)cc1F. The number of alkyl halides is 1. The zero-order valence-corrected chi connectivity index (χ0v) is 16.7. The number of ether oxygens (including phenoxy) is 1. The molecule has 1 aromatic rings. The molecule has 0 aromatic carbocycles. The monoisotopic (exact) mass is 504 g/mol. The van der Waals surface area contributed by atoms with Crippen LogP contribution in [-0.4, -0.2) is 59.2 Å². The Kier molecular flexibility index (Phi) is 7.36. The third kappa shape index (κ3) is 6.43. The maximum atomic E-state index is 14.2. The van der Waals surface area contributed by atoms with Crippen molar-refractivity contribution in [2.45, 2.75) is 24.6 Å². The Hall–Kier alpha value is -1.13. The molecule has 2 unspecified atom stereocenters. The first-order valence-corrected chi connectivity index (χ1v) is 11.8. The number of nitrogens with one attached hydrogen (secondary N) is 1. The van der Waals surface area contributed by atoms with Gasteiger partial charge in [0.25, 0.3) is 5.56 Å². The van der Waals surface area contributed by atoms with E-state index in [0.717, 1.165) is 0 Å². The number of aliphatic hydroxyl groups is 1. The summed E-state index contributed by atoms with van der Waals surface area (Å²) in [5.74, 6) is -1.47. The van der Waals surface area contributed by atoms with Gasteiger partial charge in [-0.2, -0.15) is 13.0 Å². The summed E-state index contributed by atoms with van der Waals surface area (Å²) in [5.41, 5.74) is -2.68. The van der Waals surface area contributed by atoms with E-state index in [2.05, 4.69) is 13.1 Å². The van der Waals surface area contributed by atoms with Gasteiger partial charge in [-0.25, -0.2) is 22.9 Å². The van der Waals surface area contributed by atoms with Crippen molar-refractivity contribution in [3.05, 3.63) is 32.9 Å². The van der Waals surface area contributed by atoms with Gasteiger partial charge in [-0.3, -0.25) is 18.9 Å². The standard InChI is InChI=1S/C9H13F2N2O14P3/c10-3-1-13(9(16)12-7(3)15)8-6(14)5(11)4(25-8)2-24-29(20,21)27-30(22,23)26-28(17,18)19/h1,4-6,8,14H,2H2,(H,20,21)(H,22,23)(H,12,15,16)(H2,17,18,19)/t4-,5-,6-,8-/m0/s1. The molecule has 6 N–H and O–H groups in total. The third-order valence-electron chi connectivity index (χ3n) is 3.30. The van der Waals surface area contributed by atoms with Crippen molar-refractivity contribution in [3.8, 4) is 0 Å². The van der Waals surface area contributed by atoms with E-state index in [1.54, 1.807) is 0 Å². The zero-order chi connectivity index (χ0) is 23.1. The minimum Gasteiger partial charge on any atom is -0.385 e. The van der Waals surface area contributed by atoms with Gasteiger partial charge in [-0.05, 0) is 0 Å². The second kappa shape index (κ2) is 8.78. The fourth-order valence-corrected chi connectivity index (χ4v) is 5.22. The summed E-state index contributed by atoms with van der Waals surface area (Å²) in [4.78, 5) is 59.3. The molecular formula is C9H13F2N2O14P3. The molecule has 6 atom stereocenters. The van der Waals surface area contributed by atoms with E-state index in [9.17, 15) is 42.1 Å². The fraction of sp³-hybridized carbons (Fsp3) is 0.556. The van der Waals surface area contributed by atoms with Crippen LogP contribution in [0.3, 0.4) is 0 Å². The molecule has 0 saturated carbocycles. The van der Waals surface area contributed by atoms with Crippen molar-refractivity contribution in [2.75, 3.05) is 6.61 Å². The first-order valence-electron chi connectivity index (χ1n) is 7.28. The minimum atomic E-state index is -5.81. The molecule has 2 heterocycles. The number of H-pyrrole nitrogens is 1. The fourth-order valence-electron chi connectivity index (χ4n) is 2.19. The number of aliphatic hydroxyl groups excluding tert-OH is 1. The van der Waals surface area contributed by atoms with Crippen molar-refractivity contribution >= 4 is 23.5 Å². The van der Waals surface area contributed by atoms with Crippen molar-refractivity contribution in [1.82, 2.24) is 9.55 Å². The molecule has 1 fully saturated rings. The quantitative estimate of drug-likeness (QED) is 0.224. The molecule has 1 aromatic heterocycles. The van der Waals surface area contributed by atoms with Gasteiger partial charge in [-0.1, -0.05) is 0 Å². The second-order valence-corrected chi connectivity index (χ2v) is 9.95. The van der Waals surface area contributed by atoms with Crippen LogP contribution in [-0.2, 0) is 31.6 Å². The van der Waals surface area contributed by atoms with Crippen LogP contribution in [0, 0.1) is 5.82 Å². The predicted molar refractivity (Wildman–Crippen MR) is 85.9 cm³/mol. The van der Waals surface area contributed by atoms with Crippen molar-refractivity contribution in [3.63, 3.8) is 0 Å². The van der Waals surface area contributed by atoms with Crippen LogP contribution in [0.25, 0.3) is 0 Å². The second-order valence-electron chi connectivity index (χ2n) is 5.53. The molecule has 16 nitrogen and oxygen atoms in total. The summed E-state index contributed by atoms with van der Waals surface area (Å²) in [6, 6.07) is 0. The average Bonchev–Trinajstić information content (AvgIpc) is 2.81. The highest BCUT2D eigenvalue weighted by Crippen LogP contribution is 2.66. The van der Waals surface area contributed by atoms with Gasteiger partial charge in [-0.15, -0.1) is 0 Å². The van der Waals surface area contributed by atoms with Gasteiger partial charge in [0.15, 0.2) is 12.4 Å². The normalized spacial score (nSPS) is 28.8. The molecule has 1 aliphatic rings. The summed E-state index contributed by atoms with van der Waals surface area (Å²) in [7, 11) is -17.0. The predicted octanol–water partition coefficient (Wildman–Crippen LogP) is -1.38. The Morgan fingerprint density at radius 2 is 1.73 bits per heavy atom. The average molecular weight is 504 g/mol. The molecule has 172 valence electrons. The number of halogens is 2. The number of phosphoric acid groups is 3. The lowest BCUT2D eigenvalue weighted by atomic mass is 10.1. The van der Waals surface area contributed by atoms with E-state index in [0.29, 0.717) is 10.8 Å². The largest absolute Gasteiger partial charge is 0.490 e. The summed E-state index contributed by atoms with van der Waals surface area (Å²) < 4.78 is 77.1. The summed E-state index contributed by atoms with van der Waals surface area (Å²) in [5, 5.41) is 9.83. The highest BCUT2D eigenvalue weighted by molar-refractivity contribution is 7.66. The van der Waals surface area contributed by atoms with Crippen LogP contribution < -0.4 is 11.2 Å². The Bertz CT molecular complexity index is 1050. The smallest absolute Gasteiger partial charge is 0.385 e. The maximum Gasteiger partial charge on any atom is 0.490 e. The van der Waals surface area contributed by atoms with Crippen LogP contribution in [0.5, 0.6) is 0 Å². The van der Waals surface area contributed by atoms with E-state index in [-0.39, 0.29) is 0 Å². The first-order chi connectivity index (χ1) is 13.5. The van der Waals surface area contributed by atoms with Gasteiger partial charge in [0, 0.05) is 0 Å². The topological polar surface area (TPSA) is 244 Å². The molecule has 0 bridgehead atoms. The Balaban J connectivity index is 2.09. The molecule has 21 heteroatoms. The number of nitrogens with zero attached hydrogens (tertiary/aromatic N) is 1. The van der Waals surface area contributed by atoms with Crippen LogP contribution in [0.15, 0.2) is 15.8 Å². The van der Waals surface area contributed by atoms with E-state index in [4.69, 9.17) is 19.4 Å². The molecule has 0 radical (unpaired) electrons. The number of phosphoric ester groups is 1. The molecule has 0 amide bonds. The number of hydrogen-bond donors (Lipinski definition) is 6.